The Morgan fingerprint density at radius 1 is 1.24 bits per heavy atom. The van der Waals surface area contributed by atoms with E-state index in [4.69, 9.17) is 4.74 Å². The summed E-state index contributed by atoms with van der Waals surface area (Å²) in [5, 5.41) is 2.54. The second-order valence-corrected chi connectivity index (χ2v) is 5.53. The molecule has 1 amide bonds. The van der Waals surface area contributed by atoms with Crippen molar-refractivity contribution in [2.45, 2.75) is 26.1 Å². The predicted molar refractivity (Wildman–Crippen MR) is 87.8 cm³/mol. The second kappa shape index (κ2) is 8.62. The van der Waals surface area contributed by atoms with Crippen LogP contribution in [0.4, 0.5) is 13.2 Å². The number of hydrogen-bond donors (Lipinski definition) is 1. The molecule has 4 nitrogen and oxygen atoms in total. The van der Waals surface area contributed by atoms with Crippen LogP contribution in [0.5, 0.6) is 0 Å². The maximum atomic E-state index is 12.9. The zero-order valence-corrected chi connectivity index (χ0v) is 13.8. The van der Waals surface area contributed by atoms with E-state index in [9.17, 15) is 18.0 Å². The van der Waals surface area contributed by atoms with Gasteiger partial charge in [-0.3, -0.25) is 9.78 Å². The number of pyridine rings is 1. The summed E-state index contributed by atoms with van der Waals surface area (Å²) in [6.07, 6.45) is -1.51. The van der Waals surface area contributed by atoms with Crippen molar-refractivity contribution in [3.8, 4) is 11.1 Å². The summed E-state index contributed by atoms with van der Waals surface area (Å²) in [7, 11) is 0. The van der Waals surface area contributed by atoms with Crippen LogP contribution < -0.4 is 5.32 Å². The number of nitrogens with one attached hydrogen (secondary N) is 1. The Balaban J connectivity index is 2.09. The van der Waals surface area contributed by atoms with Gasteiger partial charge in [-0.05, 0) is 42.7 Å². The number of amides is 1. The van der Waals surface area contributed by atoms with Crippen LogP contribution in [-0.2, 0) is 22.3 Å². The van der Waals surface area contributed by atoms with Crippen LogP contribution in [0.3, 0.4) is 0 Å². The largest absolute Gasteiger partial charge is 0.416 e. The molecule has 1 aromatic carbocycles. The molecule has 2 aromatic rings. The Morgan fingerprint density at radius 3 is 2.76 bits per heavy atom. The normalized spacial score (nSPS) is 11.4. The lowest BCUT2D eigenvalue weighted by Gasteiger charge is -2.11. The first-order valence-electron chi connectivity index (χ1n) is 7.79. The summed E-state index contributed by atoms with van der Waals surface area (Å²) in [4.78, 5) is 14.4. The van der Waals surface area contributed by atoms with Crippen LogP contribution in [0.25, 0.3) is 11.1 Å². The average molecular weight is 352 g/mol. The van der Waals surface area contributed by atoms with Gasteiger partial charge in [0.1, 0.15) is 0 Å². The zero-order valence-electron chi connectivity index (χ0n) is 13.8. The SMILES string of the molecule is Cc1ncc(-c2cccc(C(F)(F)F)c2)cc1COCCCNC=O. The average Bonchev–Trinajstić information content (AvgIpc) is 2.59. The number of rotatable bonds is 8. The number of halogens is 3. The van der Waals surface area contributed by atoms with Gasteiger partial charge >= 0.3 is 6.18 Å². The number of hydrogen-bond acceptors (Lipinski definition) is 3. The van der Waals surface area contributed by atoms with Crippen LogP contribution in [0, 0.1) is 6.92 Å². The number of carbonyl (C=O) groups is 1. The molecule has 0 aliphatic carbocycles. The number of alkyl halides is 3. The summed E-state index contributed by atoms with van der Waals surface area (Å²) in [5.41, 5.74) is 1.96. The number of benzene rings is 1. The van der Waals surface area contributed by atoms with Crippen LogP contribution >= 0.6 is 0 Å². The topological polar surface area (TPSA) is 51.2 Å². The summed E-state index contributed by atoms with van der Waals surface area (Å²) >= 11 is 0. The third kappa shape index (κ3) is 5.56. The van der Waals surface area contributed by atoms with Crippen molar-refractivity contribution in [1.82, 2.24) is 10.3 Å². The van der Waals surface area contributed by atoms with Crippen molar-refractivity contribution in [3.63, 3.8) is 0 Å². The molecule has 0 spiro atoms. The lowest BCUT2D eigenvalue weighted by atomic mass is 10.0. The lowest BCUT2D eigenvalue weighted by molar-refractivity contribution is -0.137. The molecule has 0 fully saturated rings. The first kappa shape index (κ1) is 18.9. The Morgan fingerprint density at radius 2 is 2.04 bits per heavy atom. The molecule has 1 N–H and O–H groups in total. The maximum Gasteiger partial charge on any atom is 0.416 e. The number of aryl methyl sites for hydroxylation is 1. The highest BCUT2D eigenvalue weighted by Gasteiger charge is 2.30. The number of carbonyl (C=O) groups excluding carboxylic acids is 1. The molecule has 0 saturated carbocycles. The smallest absolute Gasteiger partial charge is 0.377 e. The summed E-state index contributed by atoms with van der Waals surface area (Å²) < 4.78 is 44.1. The van der Waals surface area contributed by atoms with Gasteiger partial charge in [-0.2, -0.15) is 13.2 Å². The van der Waals surface area contributed by atoms with Gasteiger partial charge in [0.15, 0.2) is 0 Å². The Bertz CT molecular complexity index is 718. The molecule has 0 saturated heterocycles. The van der Waals surface area contributed by atoms with E-state index in [2.05, 4.69) is 10.3 Å². The van der Waals surface area contributed by atoms with Crippen LogP contribution in [-0.4, -0.2) is 24.5 Å². The van der Waals surface area contributed by atoms with E-state index in [1.165, 1.54) is 6.07 Å². The molecule has 0 bridgehead atoms. The Labute approximate surface area is 144 Å². The van der Waals surface area contributed by atoms with Crippen LogP contribution in [0.1, 0.15) is 23.2 Å². The van der Waals surface area contributed by atoms with Gasteiger partial charge in [0, 0.05) is 30.6 Å². The Hall–Kier alpha value is -2.41. The molecular formula is C18H19F3N2O2. The van der Waals surface area contributed by atoms with Crippen molar-refractivity contribution < 1.29 is 22.7 Å². The fraction of sp³-hybridized carbons (Fsp3) is 0.333. The molecule has 2 rings (SSSR count). The fourth-order valence-electron chi connectivity index (χ4n) is 2.28. The molecule has 7 heteroatoms. The highest BCUT2D eigenvalue weighted by molar-refractivity contribution is 5.64. The minimum atomic E-state index is -4.38. The van der Waals surface area contributed by atoms with Crippen molar-refractivity contribution in [2.24, 2.45) is 0 Å². The molecular weight excluding hydrogens is 333 g/mol. The van der Waals surface area contributed by atoms with E-state index in [1.807, 2.05) is 6.92 Å². The summed E-state index contributed by atoms with van der Waals surface area (Å²) in [5.74, 6) is 0. The molecule has 134 valence electrons. The van der Waals surface area contributed by atoms with Gasteiger partial charge in [-0.25, -0.2) is 0 Å². The van der Waals surface area contributed by atoms with E-state index < -0.39 is 11.7 Å². The number of nitrogens with zero attached hydrogens (tertiary/aromatic N) is 1. The zero-order chi connectivity index (χ0) is 18.3. The predicted octanol–water partition coefficient (Wildman–Crippen LogP) is 3.73. The van der Waals surface area contributed by atoms with E-state index >= 15 is 0 Å². The highest BCUT2D eigenvalue weighted by atomic mass is 19.4. The summed E-state index contributed by atoms with van der Waals surface area (Å²) in [6.45, 7) is 3.13. The molecule has 25 heavy (non-hydrogen) atoms. The lowest BCUT2D eigenvalue weighted by Crippen LogP contribution is -2.14. The van der Waals surface area contributed by atoms with Gasteiger partial charge in [0.2, 0.25) is 6.41 Å². The van der Waals surface area contributed by atoms with Gasteiger partial charge in [0.05, 0.1) is 12.2 Å². The molecule has 0 aliphatic heterocycles. The number of ether oxygens (including phenoxy) is 1. The van der Waals surface area contributed by atoms with Gasteiger partial charge in [-0.1, -0.05) is 12.1 Å². The molecule has 1 aromatic heterocycles. The number of aromatic nitrogens is 1. The standard InChI is InChI=1S/C18H19F3N2O2/c1-13-16(11-25-7-3-6-22-12-24)8-15(10-23-13)14-4-2-5-17(9-14)18(19,20)21/h2,4-5,8-10,12H,3,6-7,11H2,1H3,(H,22,24). The first-order valence-corrected chi connectivity index (χ1v) is 7.79. The molecule has 0 unspecified atom stereocenters. The maximum absolute atomic E-state index is 12.9. The van der Waals surface area contributed by atoms with E-state index in [-0.39, 0.29) is 0 Å². The molecule has 1 heterocycles. The summed E-state index contributed by atoms with van der Waals surface area (Å²) in [6, 6.07) is 6.96. The van der Waals surface area contributed by atoms with Gasteiger partial charge in [-0.15, -0.1) is 0 Å². The third-order valence-electron chi connectivity index (χ3n) is 3.67. The van der Waals surface area contributed by atoms with Crippen molar-refractivity contribution in [3.05, 3.63) is 53.3 Å². The molecule has 0 aliphatic rings. The second-order valence-electron chi connectivity index (χ2n) is 5.53. The van der Waals surface area contributed by atoms with E-state index in [0.29, 0.717) is 43.7 Å². The molecule has 0 atom stereocenters. The van der Waals surface area contributed by atoms with Crippen LogP contribution in [0.2, 0.25) is 0 Å². The van der Waals surface area contributed by atoms with Crippen LogP contribution in [0.15, 0.2) is 36.5 Å². The van der Waals surface area contributed by atoms with Crippen molar-refractivity contribution >= 4 is 6.41 Å². The fourth-order valence-corrected chi connectivity index (χ4v) is 2.28. The van der Waals surface area contributed by atoms with E-state index in [1.54, 1.807) is 18.3 Å². The van der Waals surface area contributed by atoms with E-state index in [0.717, 1.165) is 23.4 Å². The van der Waals surface area contributed by atoms with Crippen molar-refractivity contribution in [1.29, 1.82) is 0 Å². The quantitative estimate of drug-likeness (QED) is 0.582. The van der Waals surface area contributed by atoms with Crippen molar-refractivity contribution in [2.75, 3.05) is 13.2 Å². The monoisotopic (exact) mass is 352 g/mol. The van der Waals surface area contributed by atoms with Gasteiger partial charge in [0.25, 0.3) is 0 Å². The minimum absolute atomic E-state index is 0.312. The third-order valence-corrected chi connectivity index (χ3v) is 3.67. The molecule has 0 radical (unpaired) electrons. The Kier molecular flexibility index (Phi) is 6.52. The minimum Gasteiger partial charge on any atom is -0.377 e. The van der Waals surface area contributed by atoms with Gasteiger partial charge < -0.3 is 10.1 Å². The first-order chi connectivity index (χ1) is 11.9. The highest BCUT2D eigenvalue weighted by Crippen LogP contribution is 2.32.